The molecule has 1 N–H and O–H groups in total. The molecule has 0 heterocycles. The van der Waals surface area contributed by atoms with Crippen LogP contribution in [0.2, 0.25) is 0 Å². The van der Waals surface area contributed by atoms with Crippen LogP contribution in [0.4, 0.5) is 8.78 Å². The monoisotopic (exact) mass is 174 g/mol. The van der Waals surface area contributed by atoms with Crippen molar-refractivity contribution in [3.05, 3.63) is 0 Å². The van der Waals surface area contributed by atoms with Crippen molar-refractivity contribution in [1.82, 2.24) is 0 Å². The maximum atomic E-state index is 11.6. The van der Waals surface area contributed by atoms with Crippen molar-refractivity contribution in [2.75, 3.05) is 19.1 Å². The Morgan fingerprint density at radius 2 is 1.70 bits per heavy atom. The zero-order valence-corrected chi connectivity index (χ0v) is 5.94. The third kappa shape index (κ3) is 4.63. The lowest BCUT2D eigenvalue weighted by Gasteiger charge is -2.03. The first-order chi connectivity index (χ1) is 4.49. The number of hydrogen-bond donors (Lipinski definition) is 1. The summed E-state index contributed by atoms with van der Waals surface area (Å²) in [7, 11) is -4.23. The van der Waals surface area contributed by atoms with Crippen LogP contribution in [-0.4, -0.2) is 32.1 Å². The Labute approximate surface area is 57.8 Å². The Morgan fingerprint density at radius 1 is 1.30 bits per heavy atom. The lowest BCUT2D eigenvalue weighted by atomic mass is 10.2. The van der Waals surface area contributed by atoms with Crippen molar-refractivity contribution in [3.63, 3.8) is 0 Å². The molecule has 0 aliphatic rings. The van der Waals surface area contributed by atoms with Crippen LogP contribution in [0.1, 0.15) is 0 Å². The summed E-state index contributed by atoms with van der Waals surface area (Å²) < 4.78 is 51.2. The third-order valence-corrected chi connectivity index (χ3v) is 1.78. The first kappa shape index (κ1) is 9.77. The van der Waals surface area contributed by atoms with E-state index < -0.39 is 35.1 Å². The molecule has 0 fully saturated rings. The summed E-state index contributed by atoms with van der Waals surface area (Å²) in [5.74, 6) is -2.07. The summed E-state index contributed by atoms with van der Waals surface area (Å²) in [6, 6.07) is 0. The molecule has 0 amide bonds. The molecule has 0 spiro atoms. The molecule has 0 atom stereocenters. The molecule has 0 saturated heterocycles. The Morgan fingerprint density at radius 3 is 1.80 bits per heavy atom. The van der Waals surface area contributed by atoms with Gasteiger partial charge in [-0.05, 0) is 0 Å². The second-order valence-corrected chi connectivity index (χ2v) is 3.42. The van der Waals surface area contributed by atoms with Gasteiger partial charge in [-0.3, -0.25) is 13.3 Å². The summed E-state index contributed by atoms with van der Waals surface area (Å²) in [5.41, 5.74) is 0. The van der Waals surface area contributed by atoms with Crippen LogP contribution in [-0.2, 0) is 10.1 Å². The van der Waals surface area contributed by atoms with Gasteiger partial charge in [0.25, 0.3) is 10.1 Å². The molecule has 0 bridgehead atoms. The van der Waals surface area contributed by atoms with Gasteiger partial charge in [-0.15, -0.1) is 0 Å². The average molecular weight is 174 g/mol. The van der Waals surface area contributed by atoms with Gasteiger partial charge in [-0.2, -0.15) is 8.42 Å². The van der Waals surface area contributed by atoms with Gasteiger partial charge < -0.3 is 0 Å². The Hall–Kier alpha value is -0.230. The van der Waals surface area contributed by atoms with Gasteiger partial charge >= 0.3 is 0 Å². The first-order valence-electron chi connectivity index (χ1n) is 2.56. The van der Waals surface area contributed by atoms with Gasteiger partial charge in [0.05, 0.1) is 19.1 Å². The van der Waals surface area contributed by atoms with Gasteiger partial charge in [-0.25, -0.2) is 0 Å². The van der Waals surface area contributed by atoms with E-state index in [0.717, 1.165) is 0 Å². The summed E-state index contributed by atoms with van der Waals surface area (Å²) in [5, 5.41) is 0. The van der Waals surface area contributed by atoms with E-state index in [1.165, 1.54) is 0 Å². The quantitative estimate of drug-likeness (QED) is 0.629. The maximum absolute atomic E-state index is 11.6. The topological polar surface area (TPSA) is 54.4 Å². The fraction of sp³-hybridized carbons (Fsp3) is 1.00. The molecule has 0 saturated carbocycles. The third-order valence-electron chi connectivity index (χ3n) is 0.883. The van der Waals surface area contributed by atoms with Gasteiger partial charge in [0, 0.05) is 5.92 Å². The number of hydrogen-bond acceptors (Lipinski definition) is 2. The lowest BCUT2D eigenvalue weighted by molar-refractivity contribution is 0.304. The summed E-state index contributed by atoms with van der Waals surface area (Å²) in [6.07, 6.45) is 0. The highest BCUT2D eigenvalue weighted by atomic mass is 32.2. The predicted octanol–water partition coefficient (Wildman–Crippen LogP) is 0.429. The minimum atomic E-state index is -4.23. The van der Waals surface area contributed by atoms with Crippen LogP contribution in [0.5, 0.6) is 0 Å². The van der Waals surface area contributed by atoms with Gasteiger partial charge in [0.2, 0.25) is 0 Å². The van der Waals surface area contributed by atoms with Crippen molar-refractivity contribution in [1.29, 1.82) is 0 Å². The van der Waals surface area contributed by atoms with E-state index in [2.05, 4.69) is 0 Å². The predicted molar refractivity (Wildman–Crippen MR) is 31.9 cm³/mol. The Bertz CT molecular complexity index is 173. The van der Waals surface area contributed by atoms with Gasteiger partial charge in [0.1, 0.15) is 0 Å². The molecular weight excluding hydrogens is 166 g/mol. The highest BCUT2D eigenvalue weighted by Crippen LogP contribution is 2.01. The van der Waals surface area contributed by atoms with Crippen LogP contribution in [0.25, 0.3) is 0 Å². The standard InChI is InChI=1S/C4H8F2O3S/c5-1-4(2-6)3-10(7,8)9/h4H,1-3H2,(H,7,8,9). The molecule has 0 aliphatic carbocycles. The van der Waals surface area contributed by atoms with E-state index >= 15 is 0 Å². The van der Waals surface area contributed by atoms with Crippen molar-refractivity contribution in [2.24, 2.45) is 5.92 Å². The largest absolute Gasteiger partial charge is 0.286 e. The Balaban J connectivity index is 3.87. The summed E-state index contributed by atoms with van der Waals surface area (Å²) in [6.45, 7) is -2.15. The molecule has 62 valence electrons. The molecule has 0 aliphatic heterocycles. The molecule has 0 aromatic heterocycles. The van der Waals surface area contributed by atoms with E-state index in [9.17, 15) is 17.2 Å². The van der Waals surface area contributed by atoms with Crippen molar-refractivity contribution < 1.29 is 21.8 Å². The highest BCUT2D eigenvalue weighted by molar-refractivity contribution is 7.85. The van der Waals surface area contributed by atoms with Crippen LogP contribution < -0.4 is 0 Å². The van der Waals surface area contributed by atoms with Crippen LogP contribution in [0, 0.1) is 5.92 Å². The zero-order valence-electron chi connectivity index (χ0n) is 5.13. The fourth-order valence-electron chi connectivity index (χ4n) is 0.428. The minimum absolute atomic E-state index is 0.847. The number of alkyl halides is 2. The molecule has 0 radical (unpaired) electrons. The normalized spacial score (nSPS) is 12.4. The zero-order chi connectivity index (χ0) is 8.20. The molecule has 10 heavy (non-hydrogen) atoms. The van der Waals surface area contributed by atoms with Crippen molar-refractivity contribution >= 4 is 10.1 Å². The number of rotatable bonds is 4. The van der Waals surface area contributed by atoms with E-state index in [0.29, 0.717) is 0 Å². The summed E-state index contributed by atoms with van der Waals surface area (Å²) >= 11 is 0. The van der Waals surface area contributed by atoms with Crippen LogP contribution >= 0.6 is 0 Å². The van der Waals surface area contributed by atoms with Gasteiger partial charge in [-0.1, -0.05) is 0 Å². The molecule has 6 heteroatoms. The van der Waals surface area contributed by atoms with Gasteiger partial charge in [0.15, 0.2) is 0 Å². The van der Waals surface area contributed by atoms with E-state index in [1.54, 1.807) is 0 Å². The Kier molecular flexibility index (Phi) is 3.73. The van der Waals surface area contributed by atoms with Crippen LogP contribution in [0.3, 0.4) is 0 Å². The first-order valence-corrected chi connectivity index (χ1v) is 4.17. The van der Waals surface area contributed by atoms with Crippen molar-refractivity contribution in [3.8, 4) is 0 Å². The fourth-order valence-corrected chi connectivity index (χ4v) is 1.20. The van der Waals surface area contributed by atoms with E-state index in [1.807, 2.05) is 0 Å². The van der Waals surface area contributed by atoms with Crippen molar-refractivity contribution in [2.45, 2.75) is 0 Å². The maximum Gasteiger partial charge on any atom is 0.265 e. The molecule has 0 aromatic rings. The molecule has 0 unspecified atom stereocenters. The summed E-state index contributed by atoms with van der Waals surface area (Å²) in [4.78, 5) is 0. The minimum Gasteiger partial charge on any atom is -0.286 e. The SMILES string of the molecule is O=S(=O)(O)CC(CF)CF. The highest BCUT2D eigenvalue weighted by Gasteiger charge is 2.16. The molecule has 0 rings (SSSR count). The second kappa shape index (κ2) is 3.82. The number of halogens is 2. The van der Waals surface area contributed by atoms with E-state index in [-0.39, 0.29) is 0 Å². The molecule has 3 nitrogen and oxygen atoms in total. The average Bonchev–Trinajstić information content (AvgIpc) is 1.81. The van der Waals surface area contributed by atoms with Crippen LogP contribution in [0.15, 0.2) is 0 Å². The lowest BCUT2D eigenvalue weighted by Crippen LogP contribution is -2.18. The van der Waals surface area contributed by atoms with E-state index in [4.69, 9.17) is 4.55 Å². The smallest absolute Gasteiger partial charge is 0.265 e. The molecular formula is C4H8F2O3S. The second-order valence-electron chi connectivity index (χ2n) is 1.92. The molecule has 0 aromatic carbocycles.